The maximum atomic E-state index is 3.73. The van der Waals surface area contributed by atoms with Gasteiger partial charge in [-0.2, -0.15) is 0 Å². The number of rotatable bonds is 5. The molecule has 16 heavy (non-hydrogen) atoms. The molecule has 2 fully saturated rings. The second-order valence-corrected chi connectivity index (χ2v) is 5.55. The van der Waals surface area contributed by atoms with Gasteiger partial charge in [0.05, 0.1) is 0 Å². The fourth-order valence-corrected chi connectivity index (χ4v) is 2.86. The number of hydrogen-bond acceptors (Lipinski definition) is 3. The van der Waals surface area contributed by atoms with Crippen LogP contribution in [0.15, 0.2) is 0 Å². The maximum Gasteiger partial charge on any atom is 0.00913 e. The summed E-state index contributed by atoms with van der Waals surface area (Å²) >= 11 is 0. The van der Waals surface area contributed by atoms with E-state index in [0.717, 1.165) is 12.0 Å². The Kier molecular flexibility index (Phi) is 5.07. The van der Waals surface area contributed by atoms with Crippen molar-refractivity contribution < 1.29 is 0 Å². The molecule has 2 rings (SSSR count). The monoisotopic (exact) mass is 225 g/mol. The standard InChI is InChI=1S/C13H27N3/c1-12(11-16-8-2-3-9-16)10-15-13-4-6-14-7-5-13/h12-15H,2-11H2,1H3. The van der Waals surface area contributed by atoms with Gasteiger partial charge in [0, 0.05) is 12.6 Å². The molecule has 0 saturated carbocycles. The molecular formula is C13H27N3. The molecule has 2 N–H and O–H groups in total. The Morgan fingerprint density at radius 3 is 2.62 bits per heavy atom. The van der Waals surface area contributed by atoms with Crippen LogP contribution in [0.3, 0.4) is 0 Å². The van der Waals surface area contributed by atoms with Crippen molar-refractivity contribution in [3.63, 3.8) is 0 Å². The van der Waals surface area contributed by atoms with E-state index < -0.39 is 0 Å². The van der Waals surface area contributed by atoms with Crippen LogP contribution in [0, 0.1) is 5.92 Å². The quantitative estimate of drug-likeness (QED) is 0.732. The van der Waals surface area contributed by atoms with E-state index in [2.05, 4.69) is 22.5 Å². The van der Waals surface area contributed by atoms with Crippen molar-refractivity contribution >= 4 is 0 Å². The highest BCUT2D eigenvalue weighted by Crippen LogP contribution is 2.10. The Balaban J connectivity index is 1.57. The third kappa shape index (κ3) is 4.04. The van der Waals surface area contributed by atoms with Crippen LogP contribution in [-0.2, 0) is 0 Å². The van der Waals surface area contributed by atoms with Crippen molar-refractivity contribution in [3.8, 4) is 0 Å². The Labute approximate surface area is 100.0 Å². The Hall–Kier alpha value is -0.120. The van der Waals surface area contributed by atoms with Crippen molar-refractivity contribution in [3.05, 3.63) is 0 Å². The van der Waals surface area contributed by atoms with Gasteiger partial charge in [-0.15, -0.1) is 0 Å². The summed E-state index contributed by atoms with van der Waals surface area (Å²) < 4.78 is 0. The van der Waals surface area contributed by atoms with Crippen LogP contribution >= 0.6 is 0 Å². The number of nitrogens with one attached hydrogen (secondary N) is 2. The minimum atomic E-state index is 0.766. The Bertz CT molecular complexity index is 184. The van der Waals surface area contributed by atoms with E-state index in [1.165, 1.54) is 65.0 Å². The lowest BCUT2D eigenvalue weighted by atomic mass is 10.1. The zero-order chi connectivity index (χ0) is 11.2. The summed E-state index contributed by atoms with van der Waals surface area (Å²) in [6.45, 7) is 9.91. The van der Waals surface area contributed by atoms with Crippen molar-refractivity contribution in [2.45, 2.75) is 38.6 Å². The van der Waals surface area contributed by atoms with Gasteiger partial charge in [-0.25, -0.2) is 0 Å². The summed E-state index contributed by atoms with van der Waals surface area (Å²) in [7, 11) is 0. The highest BCUT2D eigenvalue weighted by Gasteiger charge is 2.16. The Morgan fingerprint density at radius 2 is 1.94 bits per heavy atom. The zero-order valence-corrected chi connectivity index (χ0v) is 10.7. The average molecular weight is 225 g/mol. The number of piperidine rings is 1. The first kappa shape index (κ1) is 12.3. The van der Waals surface area contributed by atoms with Crippen LogP contribution in [-0.4, -0.2) is 50.2 Å². The SMILES string of the molecule is CC(CNC1CCNCC1)CN1CCCC1. The van der Waals surface area contributed by atoms with Gasteiger partial charge in [0.25, 0.3) is 0 Å². The third-order valence-electron chi connectivity index (χ3n) is 3.86. The molecule has 2 heterocycles. The minimum absolute atomic E-state index is 0.766. The zero-order valence-electron chi connectivity index (χ0n) is 10.7. The molecule has 3 heteroatoms. The van der Waals surface area contributed by atoms with E-state index in [1.807, 2.05) is 0 Å². The fourth-order valence-electron chi connectivity index (χ4n) is 2.86. The normalized spacial score (nSPS) is 26.1. The van der Waals surface area contributed by atoms with Crippen LogP contribution in [0.25, 0.3) is 0 Å². The molecule has 94 valence electrons. The van der Waals surface area contributed by atoms with Crippen molar-refractivity contribution in [1.29, 1.82) is 0 Å². The maximum absolute atomic E-state index is 3.73. The molecule has 0 bridgehead atoms. The molecule has 0 aromatic rings. The van der Waals surface area contributed by atoms with Gasteiger partial charge >= 0.3 is 0 Å². The number of nitrogens with zero attached hydrogens (tertiary/aromatic N) is 1. The minimum Gasteiger partial charge on any atom is -0.317 e. The second kappa shape index (κ2) is 6.58. The predicted octanol–water partition coefficient (Wildman–Crippen LogP) is 1.06. The van der Waals surface area contributed by atoms with E-state index in [1.54, 1.807) is 0 Å². The lowest BCUT2D eigenvalue weighted by Crippen LogP contribution is -2.42. The first-order valence-corrected chi connectivity index (χ1v) is 7.01. The van der Waals surface area contributed by atoms with Gasteiger partial charge in [-0.05, 0) is 64.3 Å². The van der Waals surface area contributed by atoms with E-state index >= 15 is 0 Å². The van der Waals surface area contributed by atoms with Crippen molar-refractivity contribution in [1.82, 2.24) is 15.5 Å². The molecule has 2 aliphatic rings. The van der Waals surface area contributed by atoms with Crippen LogP contribution in [0.2, 0.25) is 0 Å². The molecule has 2 saturated heterocycles. The molecular weight excluding hydrogens is 198 g/mol. The summed E-state index contributed by atoms with van der Waals surface area (Å²) in [6, 6.07) is 0.766. The Morgan fingerprint density at radius 1 is 1.25 bits per heavy atom. The molecule has 0 aromatic heterocycles. The summed E-state index contributed by atoms with van der Waals surface area (Å²) in [5, 5.41) is 7.14. The van der Waals surface area contributed by atoms with Gasteiger partial charge in [0.1, 0.15) is 0 Å². The van der Waals surface area contributed by atoms with Gasteiger partial charge < -0.3 is 15.5 Å². The van der Waals surface area contributed by atoms with E-state index in [9.17, 15) is 0 Å². The third-order valence-corrected chi connectivity index (χ3v) is 3.86. The highest BCUT2D eigenvalue weighted by molar-refractivity contribution is 4.76. The lowest BCUT2D eigenvalue weighted by Gasteiger charge is -2.26. The molecule has 2 aliphatic heterocycles. The van der Waals surface area contributed by atoms with Gasteiger partial charge in [0.15, 0.2) is 0 Å². The predicted molar refractivity (Wildman–Crippen MR) is 68.7 cm³/mol. The van der Waals surface area contributed by atoms with E-state index in [0.29, 0.717) is 0 Å². The van der Waals surface area contributed by atoms with Crippen molar-refractivity contribution in [2.24, 2.45) is 5.92 Å². The van der Waals surface area contributed by atoms with Gasteiger partial charge in [-0.3, -0.25) is 0 Å². The lowest BCUT2D eigenvalue weighted by molar-refractivity contribution is 0.271. The van der Waals surface area contributed by atoms with Crippen LogP contribution in [0.5, 0.6) is 0 Å². The fraction of sp³-hybridized carbons (Fsp3) is 1.00. The summed E-state index contributed by atoms with van der Waals surface area (Å²) in [4.78, 5) is 2.62. The van der Waals surface area contributed by atoms with Crippen LogP contribution in [0.4, 0.5) is 0 Å². The first-order chi connectivity index (χ1) is 7.84. The molecule has 1 unspecified atom stereocenters. The molecule has 0 spiro atoms. The van der Waals surface area contributed by atoms with Crippen molar-refractivity contribution in [2.75, 3.05) is 39.3 Å². The smallest absolute Gasteiger partial charge is 0.00913 e. The van der Waals surface area contributed by atoms with E-state index in [4.69, 9.17) is 0 Å². The van der Waals surface area contributed by atoms with Crippen LogP contribution in [0.1, 0.15) is 32.6 Å². The summed E-state index contributed by atoms with van der Waals surface area (Å²) in [6.07, 6.45) is 5.43. The summed E-state index contributed by atoms with van der Waals surface area (Å²) in [5.41, 5.74) is 0. The average Bonchev–Trinajstić information content (AvgIpc) is 2.81. The summed E-state index contributed by atoms with van der Waals surface area (Å²) in [5.74, 6) is 0.799. The molecule has 3 nitrogen and oxygen atoms in total. The largest absolute Gasteiger partial charge is 0.317 e. The molecule has 0 aromatic carbocycles. The van der Waals surface area contributed by atoms with Crippen LogP contribution < -0.4 is 10.6 Å². The topological polar surface area (TPSA) is 27.3 Å². The molecule has 1 atom stereocenters. The molecule has 0 aliphatic carbocycles. The number of likely N-dealkylation sites (tertiary alicyclic amines) is 1. The molecule has 0 amide bonds. The first-order valence-electron chi connectivity index (χ1n) is 7.01. The molecule has 0 radical (unpaired) electrons. The number of hydrogen-bond donors (Lipinski definition) is 2. The van der Waals surface area contributed by atoms with E-state index in [-0.39, 0.29) is 0 Å². The van der Waals surface area contributed by atoms with Gasteiger partial charge in [-0.1, -0.05) is 6.92 Å². The van der Waals surface area contributed by atoms with Gasteiger partial charge in [0.2, 0.25) is 0 Å². The highest BCUT2D eigenvalue weighted by atomic mass is 15.1. The second-order valence-electron chi connectivity index (χ2n) is 5.55.